The maximum Gasteiger partial charge on any atom is 0.273 e. The molecule has 12 heteroatoms. The van der Waals surface area contributed by atoms with E-state index >= 15 is 0 Å². The molecule has 2 aromatic rings. The lowest BCUT2D eigenvalue weighted by atomic mass is 9.84. The van der Waals surface area contributed by atoms with Gasteiger partial charge in [-0.25, -0.2) is 4.98 Å². The number of halogens is 1. The van der Waals surface area contributed by atoms with Gasteiger partial charge >= 0.3 is 0 Å². The van der Waals surface area contributed by atoms with Gasteiger partial charge < -0.3 is 30.3 Å². The van der Waals surface area contributed by atoms with E-state index in [1.807, 2.05) is 46.7 Å². The summed E-state index contributed by atoms with van der Waals surface area (Å²) in [5.41, 5.74) is 7.90. The lowest BCUT2D eigenvalue weighted by Gasteiger charge is -2.28. The molecule has 212 valence electrons. The van der Waals surface area contributed by atoms with Gasteiger partial charge in [-0.1, -0.05) is 20.8 Å². The molecule has 0 unspecified atom stereocenters. The summed E-state index contributed by atoms with van der Waals surface area (Å²) < 4.78 is 11.4. The molecule has 0 fully saturated rings. The van der Waals surface area contributed by atoms with E-state index in [-0.39, 0.29) is 54.0 Å². The summed E-state index contributed by atoms with van der Waals surface area (Å²) in [6.07, 6.45) is 0. The first kappa shape index (κ1) is 31.5. The molecule has 2 heterocycles. The number of anilines is 1. The van der Waals surface area contributed by atoms with Gasteiger partial charge in [0.2, 0.25) is 0 Å². The molecular formula is C27H37BrN6O5. The zero-order valence-electron chi connectivity index (χ0n) is 23.4. The van der Waals surface area contributed by atoms with E-state index in [0.29, 0.717) is 40.6 Å². The molecule has 3 rings (SSSR count). The number of ether oxygens (including phenoxy) is 2. The highest BCUT2D eigenvalue weighted by Gasteiger charge is 2.32. The monoisotopic (exact) mass is 604 g/mol. The van der Waals surface area contributed by atoms with Gasteiger partial charge in [0.1, 0.15) is 17.3 Å². The van der Waals surface area contributed by atoms with Crippen LogP contribution in [0, 0.1) is 5.41 Å². The fourth-order valence-electron chi connectivity index (χ4n) is 4.20. The predicted molar refractivity (Wildman–Crippen MR) is 155 cm³/mol. The van der Waals surface area contributed by atoms with Crippen molar-refractivity contribution in [3.8, 4) is 11.5 Å². The average Bonchev–Trinajstić information content (AvgIpc) is 3.14. The van der Waals surface area contributed by atoms with E-state index in [4.69, 9.17) is 20.6 Å². The van der Waals surface area contributed by atoms with E-state index in [2.05, 4.69) is 10.3 Å². The van der Waals surface area contributed by atoms with Gasteiger partial charge in [0.25, 0.3) is 11.8 Å². The normalized spacial score (nSPS) is 12.4. The molecule has 0 atom stereocenters. The minimum Gasteiger partial charge on any atom is -0.491 e. The van der Waals surface area contributed by atoms with E-state index in [1.54, 1.807) is 23.1 Å². The number of hydrogen-bond donors (Lipinski definition) is 3. The van der Waals surface area contributed by atoms with Crippen LogP contribution in [0.15, 0.2) is 18.2 Å². The SMILES string of the molecule is Br.CCOc1cc2c(nc1C(=O)NC)C(=N)N(CC(=O)c1cc(N(C)C)c(OCC(N)=O)c(C(C)(C)C)c1)C2. The molecule has 0 saturated heterocycles. The van der Waals surface area contributed by atoms with Crippen molar-refractivity contribution in [1.29, 1.82) is 5.41 Å². The molecule has 1 aliphatic rings. The van der Waals surface area contributed by atoms with Crippen molar-refractivity contribution in [3.63, 3.8) is 0 Å². The number of fused-ring (bicyclic) bond motifs is 1. The molecule has 0 saturated carbocycles. The molecule has 11 nitrogen and oxygen atoms in total. The largest absolute Gasteiger partial charge is 0.491 e. The van der Waals surface area contributed by atoms with E-state index < -0.39 is 17.2 Å². The predicted octanol–water partition coefficient (Wildman–Crippen LogP) is 2.67. The lowest BCUT2D eigenvalue weighted by molar-refractivity contribution is -0.119. The van der Waals surface area contributed by atoms with Crippen molar-refractivity contribution in [1.82, 2.24) is 15.2 Å². The summed E-state index contributed by atoms with van der Waals surface area (Å²) in [4.78, 5) is 45.1. The maximum absolute atomic E-state index is 13.5. The molecule has 2 amide bonds. The highest BCUT2D eigenvalue weighted by Crippen LogP contribution is 2.40. The van der Waals surface area contributed by atoms with Crippen molar-refractivity contribution in [2.24, 2.45) is 5.73 Å². The quantitative estimate of drug-likeness (QED) is 0.350. The Hall–Kier alpha value is -3.67. The van der Waals surface area contributed by atoms with Crippen LogP contribution in [-0.4, -0.2) is 74.2 Å². The van der Waals surface area contributed by atoms with Crippen LogP contribution < -0.4 is 25.4 Å². The van der Waals surface area contributed by atoms with Gasteiger partial charge in [-0.3, -0.25) is 19.8 Å². The summed E-state index contributed by atoms with van der Waals surface area (Å²) in [6.45, 7) is 8.08. The van der Waals surface area contributed by atoms with Crippen molar-refractivity contribution in [2.75, 3.05) is 45.8 Å². The van der Waals surface area contributed by atoms with Crippen molar-refractivity contribution < 1.29 is 23.9 Å². The molecule has 1 aromatic carbocycles. The maximum atomic E-state index is 13.5. The van der Waals surface area contributed by atoms with Crippen molar-refractivity contribution in [3.05, 3.63) is 46.3 Å². The third-order valence-electron chi connectivity index (χ3n) is 6.08. The van der Waals surface area contributed by atoms with E-state index in [1.165, 1.54) is 7.05 Å². The van der Waals surface area contributed by atoms with Gasteiger partial charge in [0, 0.05) is 44.4 Å². The lowest BCUT2D eigenvalue weighted by Crippen LogP contribution is -2.31. The first-order valence-electron chi connectivity index (χ1n) is 12.3. The number of nitrogens with one attached hydrogen (secondary N) is 2. The molecule has 4 N–H and O–H groups in total. The molecular weight excluding hydrogens is 568 g/mol. The summed E-state index contributed by atoms with van der Waals surface area (Å²) in [5.74, 6) is -0.316. The second kappa shape index (κ2) is 12.5. The number of aromatic nitrogens is 1. The highest BCUT2D eigenvalue weighted by molar-refractivity contribution is 8.93. The number of primary amides is 1. The Labute approximate surface area is 239 Å². The number of amidine groups is 1. The molecule has 1 aliphatic heterocycles. The Kier molecular flexibility index (Phi) is 10.1. The van der Waals surface area contributed by atoms with Gasteiger partial charge in [-0.05, 0) is 30.5 Å². The van der Waals surface area contributed by atoms with Gasteiger partial charge in [0.15, 0.2) is 23.8 Å². The van der Waals surface area contributed by atoms with Crippen LogP contribution in [0.1, 0.15) is 65.4 Å². The molecule has 39 heavy (non-hydrogen) atoms. The summed E-state index contributed by atoms with van der Waals surface area (Å²) in [5, 5.41) is 11.2. The number of Topliss-reactive ketones (excluding diaryl/α,β-unsaturated/α-hetero) is 1. The van der Waals surface area contributed by atoms with Gasteiger partial charge in [-0.15, -0.1) is 17.0 Å². The number of hydrogen-bond acceptors (Lipinski definition) is 8. The summed E-state index contributed by atoms with van der Waals surface area (Å²) in [7, 11) is 5.15. The van der Waals surface area contributed by atoms with Crippen LogP contribution in [0.4, 0.5) is 5.69 Å². The number of carbonyl (C=O) groups excluding carboxylic acids is 3. The van der Waals surface area contributed by atoms with Crippen LogP contribution in [0.2, 0.25) is 0 Å². The van der Waals surface area contributed by atoms with E-state index in [0.717, 1.165) is 5.56 Å². The van der Waals surface area contributed by atoms with Crippen LogP contribution in [0.25, 0.3) is 0 Å². The standard InChI is InChI=1S/C27H36N6O5.BrH/c1-8-37-20-11-16-12-33(25(29)22(16)31-23(20)26(36)30-5)13-19(34)15-9-17(27(2,3)4)24(38-14-21(28)35)18(10-15)32(6)7;/h9-11,29H,8,12-14H2,1-7H3,(H2,28,35)(H,30,36);1H. The molecule has 0 radical (unpaired) electrons. The van der Waals surface area contributed by atoms with Crippen LogP contribution in [-0.2, 0) is 16.8 Å². The minimum atomic E-state index is -0.595. The Balaban J connectivity index is 0.00000533. The first-order valence-corrected chi connectivity index (χ1v) is 12.3. The molecule has 1 aromatic heterocycles. The Morgan fingerprint density at radius 1 is 1.18 bits per heavy atom. The zero-order chi connectivity index (χ0) is 28.4. The second-order valence-corrected chi connectivity index (χ2v) is 10.3. The number of carbonyl (C=O) groups is 3. The number of ketones is 1. The van der Waals surface area contributed by atoms with Crippen molar-refractivity contribution >= 4 is 46.1 Å². The number of nitrogens with two attached hydrogens (primary N) is 1. The highest BCUT2D eigenvalue weighted by atomic mass is 79.9. The van der Waals surface area contributed by atoms with Crippen LogP contribution in [0.3, 0.4) is 0 Å². The average molecular weight is 606 g/mol. The third kappa shape index (κ3) is 6.86. The molecule has 0 spiro atoms. The Morgan fingerprint density at radius 3 is 2.38 bits per heavy atom. The summed E-state index contributed by atoms with van der Waals surface area (Å²) >= 11 is 0. The fourth-order valence-corrected chi connectivity index (χ4v) is 4.20. The number of pyridine rings is 1. The summed E-state index contributed by atoms with van der Waals surface area (Å²) in [6, 6.07) is 5.20. The van der Waals surface area contributed by atoms with E-state index in [9.17, 15) is 14.4 Å². The van der Waals surface area contributed by atoms with Gasteiger partial charge in [-0.2, -0.15) is 0 Å². The molecule has 0 aliphatic carbocycles. The Bertz CT molecular complexity index is 1290. The zero-order valence-corrected chi connectivity index (χ0v) is 25.1. The van der Waals surface area contributed by atoms with Crippen LogP contribution in [0.5, 0.6) is 11.5 Å². The third-order valence-corrected chi connectivity index (χ3v) is 6.08. The van der Waals surface area contributed by atoms with Gasteiger partial charge in [0.05, 0.1) is 18.8 Å². The molecule has 0 bridgehead atoms. The first-order chi connectivity index (χ1) is 17.8. The smallest absolute Gasteiger partial charge is 0.273 e. The van der Waals surface area contributed by atoms with Crippen molar-refractivity contribution in [2.45, 2.75) is 39.7 Å². The van der Waals surface area contributed by atoms with Crippen LogP contribution >= 0.6 is 17.0 Å². The number of nitrogens with zero attached hydrogens (tertiary/aromatic N) is 3. The second-order valence-electron chi connectivity index (χ2n) is 10.3. The minimum absolute atomic E-state index is 0. The fraction of sp³-hybridized carbons (Fsp3) is 0.444. The number of rotatable bonds is 10. The number of benzene rings is 1. The number of amides is 2. The topological polar surface area (TPSA) is 151 Å². The Morgan fingerprint density at radius 2 is 1.85 bits per heavy atom.